The lowest BCUT2D eigenvalue weighted by Crippen LogP contribution is -2.46. The first-order valence-electron chi connectivity index (χ1n) is 11.0. The predicted octanol–water partition coefficient (Wildman–Crippen LogP) is 5.64. The van der Waals surface area contributed by atoms with Gasteiger partial charge in [-0.05, 0) is 67.8 Å². The van der Waals surface area contributed by atoms with Crippen molar-refractivity contribution in [1.82, 2.24) is 19.9 Å². The lowest BCUT2D eigenvalue weighted by atomic mass is 10.0. The van der Waals surface area contributed by atoms with Gasteiger partial charge in [0.25, 0.3) is 5.91 Å². The molecule has 1 unspecified atom stereocenters. The van der Waals surface area contributed by atoms with Crippen molar-refractivity contribution in [3.8, 4) is 11.4 Å². The number of likely N-dealkylation sites (tertiary alicyclic amines) is 1. The van der Waals surface area contributed by atoms with Gasteiger partial charge < -0.3 is 14.3 Å². The number of hydrogen-bond acceptors (Lipinski definition) is 5. The van der Waals surface area contributed by atoms with Gasteiger partial charge in [-0.3, -0.25) is 9.59 Å². The summed E-state index contributed by atoms with van der Waals surface area (Å²) in [5, 5.41) is 4.13. The van der Waals surface area contributed by atoms with Crippen LogP contribution in [0.5, 0.6) is 0 Å². The Bertz CT molecular complexity index is 1160. The molecular weight excluding hydrogens is 564 g/mol. The molecule has 34 heavy (non-hydrogen) atoms. The zero-order valence-corrected chi connectivity index (χ0v) is 21.7. The summed E-state index contributed by atoms with van der Waals surface area (Å²) in [6.45, 7) is 4.55. The summed E-state index contributed by atoms with van der Waals surface area (Å²) < 4.78 is 7.43. The van der Waals surface area contributed by atoms with Gasteiger partial charge >= 0.3 is 0 Å². The molecule has 3 aromatic rings. The first-order chi connectivity index (χ1) is 16.5. The van der Waals surface area contributed by atoms with Crippen LogP contribution in [0, 0.1) is 0 Å². The highest BCUT2D eigenvalue weighted by Crippen LogP contribution is 2.31. The second-order valence-electron chi connectivity index (χ2n) is 8.04. The molecule has 9 heteroatoms. The van der Waals surface area contributed by atoms with Gasteiger partial charge in [0.1, 0.15) is 12.6 Å². The van der Waals surface area contributed by atoms with Crippen LogP contribution in [-0.4, -0.2) is 51.4 Å². The van der Waals surface area contributed by atoms with E-state index in [1.807, 2.05) is 24.3 Å². The third-order valence-electron chi connectivity index (χ3n) is 5.71. The SMILES string of the molecule is C=CCN(CC(=O)N1CCCCC1c1nc(-c2ccc(Br)cc2)no1)C(=O)c1ccc(Br)cc1. The summed E-state index contributed by atoms with van der Waals surface area (Å²) in [5.74, 6) is 0.532. The molecule has 1 aliphatic rings. The van der Waals surface area contributed by atoms with Gasteiger partial charge in [-0.1, -0.05) is 43.1 Å². The van der Waals surface area contributed by atoms with E-state index in [9.17, 15) is 9.59 Å². The fourth-order valence-electron chi connectivity index (χ4n) is 3.98. The normalized spacial score (nSPS) is 15.7. The van der Waals surface area contributed by atoms with E-state index in [-0.39, 0.29) is 30.9 Å². The van der Waals surface area contributed by atoms with Crippen LogP contribution in [0.3, 0.4) is 0 Å². The minimum atomic E-state index is -0.314. The number of carbonyl (C=O) groups is 2. The van der Waals surface area contributed by atoms with Gasteiger partial charge in [0.15, 0.2) is 0 Å². The highest BCUT2D eigenvalue weighted by Gasteiger charge is 2.33. The first kappa shape index (κ1) is 24.3. The van der Waals surface area contributed by atoms with Crippen LogP contribution in [0.2, 0.25) is 0 Å². The van der Waals surface area contributed by atoms with E-state index in [2.05, 4.69) is 48.6 Å². The summed E-state index contributed by atoms with van der Waals surface area (Å²) >= 11 is 6.80. The topological polar surface area (TPSA) is 79.5 Å². The Morgan fingerprint density at radius 3 is 2.44 bits per heavy atom. The number of halogens is 2. The van der Waals surface area contributed by atoms with E-state index in [1.165, 1.54) is 4.90 Å². The van der Waals surface area contributed by atoms with Crippen LogP contribution in [0.1, 0.15) is 41.6 Å². The standard InChI is InChI=1S/C25H24Br2N4O3/c1-2-14-30(25(33)18-8-12-20(27)13-9-18)16-22(32)31-15-4-3-5-21(31)24-28-23(29-34-24)17-6-10-19(26)11-7-17/h2,6-13,21H,1,3-5,14-16H2. The summed E-state index contributed by atoms with van der Waals surface area (Å²) in [4.78, 5) is 34.3. The molecule has 4 rings (SSSR count). The number of rotatable bonds is 7. The zero-order chi connectivity index (χ0) is 24.1. The van der Waals surface area contributed by atoms with Gasteiger partial charge in [-0.25, -0.2) is 0 Å². The highest BCUT2D eigenvalue weighted by molar-refractivity contribution is 9.10. The van der Waals surface area contributed by atoms with Crippen molar-refractivity contribution in [3.63, 3.8) is 0 Å². The Morgan fingerprint density at radius 2 is 1.76 bits per heavy atom. The molecule has 1 saturated heterocycles. The van der Waals surface area contributed by atoms with Gasteiger partial charge in [0.2, 0.25) is 17.6 Å². The number of carbonyl (C=O) groups excluding carboxylic acids is 2. The zero-order valence-electron chi connectivity index (χ0n) is 18.5. The van der Waals surface area contributed by atoms with E-state index < -0.39 is 0 Å². The molecule has 0 bridgehead atoms. The number of nitrogens with zero attached hydrogens (tertiary/aromatic N) is 4. The molecule has 2 heterocycles. The molecule has 7 nitrogen and oxygen atoms in total. The molecule has 1 fully saturated rings. The number of aromatic nitrogens is 2. The Balaban J connectivity index is 1.51. The molecular formula is C25H24Br2N4O3. The van der Waals surface area contributed by atoms with Crippen molar-refractivity contribution in [2.24, 2.45) is 0 Å². The van der Waals surface area contributed by atoms with Crippen LogP contribution in [0.25, 0.3) is 11.4 Å². The largest absolute Gasteiger partial charge is 0.337 e. The molecule has 0 saturated carbocycles. The average Bonchev–Trinajstić information content (AvgIpc) is 3.34. The monoisotopic (exact) mass is 586 g/mol. The van der Waals surface area contributed by atoms with E-state index in [0.717, 1.165) is 33.8 Å². The summed E-state index contributed by atoms with van der Waals surface area (Å²) in [6.07, 6.45) is 4.20. The molecule has 176 valence electrons. The van der Waals surface area contributed by atoms with Crippen molar-refractivity contribution in [3.05, 3.63) is 81.6 Å². The Kier molecular flexibility index (Phi) is 7.95. The van der Waals surface area contributed by atoms with Crippen LogP contribution in [0.4, 0.5) is 0 Å². The molecule has 1 aromatic heterocycles. The van der Waals surface area contributed by atoms with E-state index in [4.69, 9.17) is 4.52 Å². The molecule has 2 amide bonds. The maximum Gasteiger partial charge on any atom is 0.254 e. The van der Waals surface area contributed by atoms with Gasteiger partial charge in [0, 0.05) is 33.2 Å². The lowest BCUT2D eigenvalue weighted by Gasteiger charge is -2.35. The maximum absolute atomic E-state index is 13.4. The number of amides is 2. The predicted molar refractivity (Wildman–Crippen MR) is 136 cm³/mol. The van der Waals surface area contributed by atoms with Crippen molar-refractivity contribution < 1.29 is 14.1 Å². The van der Waals surface area contributed by atoms with Crippen molar-refractivity contribution in [2.45, 2.75) is 25.3 Å². The third-order valence-corrected chi connectivity index (χ3v) is 6.76. The molecule has 0 spiro atoms. The van der Waals surface area contributed by atoms with Crippen LogP contribution in [0.15, 0.2) is 74.7 Å². The van der Waals surface area contributed by atoms with E-state index >= 15 is 0 Å². The molecule has 1 aliphatic heterocycles. The molecule has 0 aliphatic carbocycles. The van der Waals surface area contributed by atoms with E-state index in [0.29, 0.717) is 23.8 Å². The Morgan fingerprint density at radius 1 is 1.09 bits per heavy atom. The summed E-state index contributed by atoms with van der Waals surface area (Å²) in [5.41, 5.74) is 1.35. The molecule has 2 aromatic carbocycles. The molecule has 0 N–H and O–H groups in total. The first-order valence-corrected chi connectivity index (χ1v) is 12.6. The maximum atomic E-state index is 13.4. The average molecular weight is 588 g/mol. The number of benzene rings is 2. The van der Waals surface area contributed by atoms with Crippen molar-refractivity contribution >= 4 is 43.7 Å². The van der Waals surface area contributed by atoms with Crippen molar-refractivity contribution in [2.75, 3.05) is 19.6 Å². The quantitative estimate of drug-likeness (QED) is 0.334. The smallest absolute Gasteiger partial charge is 0.254 e. The van der Waals surface area contributed by atoms with Crippen LogP contribution < -0.4 is 0 Å². The minimum Gasteiger partial charge on any atom is -0.337 e. The fourth-order valence-corrected chi connectivity index (χ4v) is 4.51. The number of hydrogen-bond donors (Lipinski definition) is 0. The fraction of sp³-hybridized carbons (Fsp3) is 0.280. The second-order valence-corrected chi connectivity index (χ2v) is 9.87. The van der Waals surface area contributed by atoms with Crippen LogP contribution >= 0.6 is 31.9 Å². The van der Waals surface area contributed by atoms with Crippen LogP contribution in [-0.2, 0) is 4.79 Å². The molecule has 1 atom stereocenters. The lowest BCUT2D eigenvalue weighted by molar-refractivity contribution is -0.136. The van der Waals surface area contributed by atoms with Gasteiger partial charge in [-0.2, -0.15) is 4.98 Å². The second kappa shape index (κ2) is 11.1. The molecule has 0 radical (unpaired) electrons. The van der Waals surface area contributed by atoms with E-state index in [1.54, 1.807) is 35.2 Å². The third kappa shape index (κ3) is 5.64. The minimum absolute atomic E-state index is 0.0505. The Labute approximate surface area is 215 Å². The van der Waals surface area contributed by atoms with Gasteiger partial charge in [-0.15, -0.1) is 6.58 Å². The van der Waals surface area contributed by atoms with Crippen molar-refractivity contribution in [1.29, 1.82) is 0 Å². The highest BCUT2D eigenvalue weighted by atomic mass is 79.9. The van der Waals surface area contributed by atoms with Gasteiger partial charge in [0.05, 0.1) is 0 Å². The Hall–Kier alpha value is -2.78. The summed E-state index contributed by atoms with van der Waals surface area (Å²) in [7, 11) is 0. The number of piperidine rings is 1. The summed E-state index contributed by atoms with van der Waals surface area (Å²) in [6, 6.07) is 14.4.